The Balaban J connectivity index is -0.000000105. The second kappa shape index (κ2) is 26.4. The Labute approximate surface area is 123 Å². The fourth-order valence-corrected chi connectivity index (χ4v) is 1.43. The largest absolute Gasteiger partial charge is 0.328 e. The van der Waals surface area contributed by atoms with Crippen molar-refractivity contribution in [3.05, 3.63) is 0 Å². The summed E-state index contributed by atoms with van der Waals surface area (Å²) >= 11 is 0. The van der Waals surface area contributed by atoms with Crippen molar-refractivity contribution >= 4 is 0 Å². The van der Waals surface area contributed by atoms with E-state index in [1.54, 1.807) is 0 Å². The molecule has 0 aliphatic heterocycles. The monoisotopic (exact) mass is 278 g/mol. The van der Waals surface area contributed by atoms with Crippen LogP contribution in [0.15, 0.2) is 0 Å². The molecule has 3 heteroatoms. The highest BCUT2D eigenvalue weighted by molar-refractivity contribution is 4.64. The molecule has 0 aromatic carbocycles. The van der Waals surface area contributed by atoms with Gasteiger partial charge in [0.1, 0.15) is 0 Å². The Hall–Kier alpha value is -0.120. The third-order valence-corrected chi connectivity index (χ3v) is 1.87. The summed E-state index contributed by atoms with van der Waals surface area (Å²) in [6.07, 6.45) is 3.33. The third kappa shape index (κ3) is 46.2. The van der Waals surface area contributed by atoms with Crippen LogP contribution in [0.4, 0.5) is 0 Å². The fraction of sp³-hybridized carbons (Fsp3) is 1.00. The average Bonchev–Trinajstić information content (AvgIpc) is 2.34. The first-order valence-electron chi connectivity index (χ1n) is 8.01. The van der Waals surface area contributed by atoms with Crippen LogP contribution in [0.25, 0.3) is 0 Å². The summed E-state index contributed by atoms with van der Waals surface area (Å²) in [4.78, 5) is 4.19. The Morgan fingerprint density at radius 3 is 1.26 bits per heavy atom. The van der Waals surface area contributed by atoms with E-state index in [1.165, 1.54) is 0 Å². The molecule has 3 nitrogen and oxygen atoms in total. The van der Waals surface area contributed by atoms with Crippen molar-refractivity contribution in [1.29, 1.82) is 0 Å². The van der Waals surface area contributed by atoms with Gasteiger partial charge in [-0.25, -0.2) is 5.90 Å². The van der Waals surface area contributed by atoms with Gasteiger partial charge in [0.2, 0.25) is 0 Å². The molecule has 0 rings (SSSR count). The first-order valence-corrected chi connectivity index (χ1v) is 8.01. The number of nitrogens with two attached hydrogens (primary N) is 2. The maximum absolute atomic E-state index is 5.88. The van der Waals surface area contributed by atoms with Crippen molar-refractivity contribution in [2.45, 2.75) is 87.6 Å². The lowest BCUT2D eigenvalue weighted by atomic mass is 9.97. The predicted octanol–water partition coefficient (Wildman–Crippen LogP) is 4.75. The van der Waals surface area contributed by atoms with Crippen LogP contribution in [0.3, 0.4) is 0 Å². The minimum Gasteiger partial charge on any atom is -0.328 e. The van der Waals surface area contributed by atoms with E-state index in [-0.39, 0.29) is 0 Å². The number of rotatable bonds is 6. The van der Waals surface area contributed by atoms with E-state index in [4.69, 9.17) is 5.73 Å². The van der Waals surface area contributed by atoms with Gasteiger partial charge in [-0.05, 0) is 31.1 Å². The lowest BCUT2D eigenvalue weighted by molar-refractivity contribution is 0.138. The average molecular weight is 279 g/mol. The highest BCUT2D eigenvalue weighted by Crippen LogP contribution is 2.10. The minimum absolute atomic E-state index is 0.417. The van der Waals surface area contributed by atoms with Crippen LogP contribution in [0.1, 0.15) is 81.6 Å². The topological polar surface area (TPSA) is 61.3 Å². The summed E-state index contributed by atoms with van der Waals surface area (Å²) in [5.41, 5.74) is 5.88. The molecule has 0 spiro atoms. The highest BCUT2D eigenvalue weighted by Gasteiger charge is 2.06. The summed E-state index contributed by atoms with van der Waals surface area (Å²) in [6.45, 7) is 19.6. The van der Waals surface area contributed by atoms with Crippen LogP contribution in [0, 0.1) is 11.8 Å². The van der Waals surface area contributed by atoms with Crippen molar-refractivity contribution in [2.75, 3.05) is 6.61 Å². The molecule has 122 valence electrons. The summed E-state index contributed by atoms with van der Waals surface area (Å²) in [5.74, 6) is 6.13. The van der Waals surface area contributed by atoms with Crippen LogP contribution < -0.4 is 11.6 Å². The van der Waals surface area contributed by atoms with Crippen molar-refractivity contribution in [3.63, 3.8) is 0 Å². The molecule has 0 atom stereocenters. The smallest absolute Gasteiger partial charge is 0.0676 e. The van der Waals surface area contributed by atoms with Crippen LogP contribution in [-0.2, 0) is 4.84 Å². The molecule has 19 heavy (non-hydrogen) atoms. The zero-order chi connectivity index (χ0) is 16.3. The van der Waals surface area contributed by atoms with Gasteiger partial charge in [-0.2, -0.15) is 0 Å². The SMILES string of the molecule is CC.CC.CC(C)CC(N)CC(C)C.CCCON. The van der Waals surface area contributed by atoms with Crippen molar-refractivity contribution in [3.8, 4) is 0 Å². The molecule has 0 radical (unpaired) electrons. The van der Waals surface area contributed by atoms with Gasteiger partial charge in [0.25, 0.3) is 0 Å². The molecular weight excluding hydrogens is 236 g/mol. The van der Waals surface area contributed by atoms with Gasteiger partial charge < -0.3 is 10.6 Å². The minimum atomic E-state index is 0.417. The van der Waals surface area contributed by atoms with E-state index >= 15 is 0 Å². The number of hydrogen-bond acceptors (Lipinski definition) is 3. The normalized spacial score (nSPS) is 9.16. The van der Waals surface area contributed by atoms with E-state index in [0.717, 1.165) is 31.1 Å². The van der Waals surface area contributed by atoms with Gasteiger partial charge in [-0.3, -0.25) is 0 Å². The zero-order valence-corrected chi connectivity index (χ0v) is 15.1. The molecule has 0 bridgehead atoms. The maximum Gasteiger partial charge on any atom is 0.0676 e. The van der Waals surface area contributed by atoms with E-state index in [0.29, 0.717) is 12.6 Å². The quantitative estimate of drug-likeness (QED) is 0.689. The van der Waals surface area contributed by atoms with Crippen molar-refractivity contribution in [1.82, 2.24) is 0 Å². The van der Waals surface area contributed by atoms with Crippen molar-refractivity contribution < 1.29 is 4.84 Å². The van der Waals surface area contributed by atoms with Crippen LogP contribution in [0.2, 0.25) is 0 Å². The highest BCUT2D eigenvalue weighted by atomic mass is 16.6. The molecule has 0 heterocycles. The summed E-state index contributed by atoms with van der Waals surface area (Å²) in [5, 5.41) is 0. The van der Waals surface area contributed by atoms with E-state index < -0.39 is 0 Å². The van der Waals surface area contributed by atoms with Gasteiger partial charge in [0, 0.05) is 6.04 Å². The lowest BCUT2D eigenvalue weighted by Crippen LogP contribution is -2.23. The second-order valence-corrected chi connectivity index (χ2v) is 4.89. The summed E-state index contributed by atoms with van der Waals surface area (Å²) in [6, 6.07) is 0.417. The molecule has 0 saturated carbocycles. The summed E-state index contributed by atoms with van der Waals surface area (Å²) < 4.78 is 0. The van der Waals surface area contributed by atoms with E-state index in [2.05, 4.69) is 38.4 Å². The van der Waals surface area contributed by atoms with E-state index in [1.807, 2.05) is 34.6 Å². The first kappa shape index (κ1) is 27.3. The molecule has 0 aliphatic carbocycles. The standard InChI is InChI=1S/C9H21N.C3H9NO.2C2H6/c1-7(2)5-9(10)6-8(3)4;1-2-3-5-4;2*1-2/h7-9H,5-6,10H2,1-4H3;2-4H2,1H3;2*1-2H3. The van der Waals surface area contributed by atoms with Gasteiger partial charge in [0.15, 0.2) is 0 Å². The van der Waals surface area contributed by atoms with Crippen LogP contribution in [0.5, 0.6) is 0 Å². The maximum atomic E-state index is 5.88. The molecule has 0 saturated heterocycles. The molecule has 0 unspecified atom stereocenters. The lowest BCUT2D eigenvalue weighted by Gasteiger charge is -2.15. The predicted molar refractivity (Wildman–Crippen MR) is 90.0 cm³/mol. The second-order valence-electron chi connectivity index (χ2n) is 4.89. The van der Waals surface area contributed by atoms with Crippen LogP contribution in [-0.4, -0.2) is 12.6 Å². The third-order valence-electron chi connectivity index (χ3n) is 1.87. The molecule has 0 aliphatic rings. The van der Waals surface area contributed by atoms with Gasteiger partial charge in [-0.1, -0.05) is 62.3 Å². The fourth-order valence-electron chi connectivity index (χ4n) is 1.43. The molecule has 0 aromatic rings. The molecule has 0 fully saturated rings. The van der Waals surface area contributed by atoms with Crippen LogP contribution >= 0.6 is 0 Å². The Bertz CT molecular complexity index is 105. The van der Waals surface area contributed by atoms with E-state index in [9.17, 15) is 0 Å². The Morgan fingerprint density at radius 2 is 1.16 bits per heavy atom. The molecule has 0 amide bonds. The van der Waals surface area contributed by atoms with Gasteiger partial charge in [0.05, 0.1) is 6.61 Å². The summed E-state index contributed by atoms with van der Waals surface area (Å²) in [7, 11) is 0. The first-order chi connectivity index (χ1) is 8.93. The Kier molecular flexibility index (Phi) is 37.9. The van der Waals surface area contributed by atoms with Gasteiger partial charge >= 0.3 is 0 Å². The van der Waals surface area contributed by atoms with Gasteiger partial charge in [-0.15, -0.1) is 0 Å². The van der Waals surface area contributed by atoms with Crippen molar-refractivity contribution in [2.24, 2.45) is 23.5 Å². The zero-order valence-electron chi connectivity index (χ0n) is 15.1. The molecule has 4 N–H and O–H groups in total. The number of hydrogen-bond donors (Lipinski definition) is 2. The Morgan fingerprint density at radius 1 is 0.842 bits per heavy atom. The molecule has 0 aromatic heterocycles. The molecular formula is C16H42N2O.